The molecule has 0 aromatic heterocycles. The number of fused-ring (bicyclic) bond motifs is 1. The van der Waals surface area contributed by atoms with E-state index in [1.165, 1.54) is 4.46 Å². The summed E-state index contributed by atoms with van der Waals surface area (Å²) in [4.78, 5) is 0.253. The number of halogens is 3. The standard InChI is InChI=1S/C13H13Br2FSe/c14-13(15)9-6-11(16)12(7-10(9)13)17-8-4-2-1-3-5-8/h1-5,9-12H,6-7H2. The van der Waals surface area contributed by atoms with E-state index in [2.05, 4.69) is 44.0 Å². The van der Waals surface area contributed by atoms with Crippen molar-refractivity contribution in [2.24, 2.45) is 11.8 Å². The second kappa shape index (κ2) is 4.63. The van der Waals surface area contributed by atoms with Gasteiger partial charge in [0.1, 0.15) is 0 Å². The molecule has 92 valence electrons. The molecule has 0 aliphatic heterocycles. The fraction of sp³-hybridized carbons (Fsp3) is 0.538. The van der Waals surface area contributed by atoms with Crippen molar-refractivity contribution in [3.05, 3.63) is 30.3 Å². The molecule has 2 saturated carbocycles. The second-order valence-corrected chi connectivity index (χ2v) is 11.3. The summed E-state index contributed by atoms with van der Waals surface area (Å²) in [6.07, 6.45) is 1.13. The van der Waals surface area contributed by atoms with Crippen molar-refractivity contribution in [2.45, 2.75) is 27.1 Å². The Bertz CT molecular complexity index is 409. The van der Waals surface area contributed by atoms with Gasteiger partial charge in [-0.2, -0.15) is 0 Å². The van der Waals surface area contributed by atoms with Gasteiger partial charge in [-0.15, -0.1) is 0 Å². The molecule has 0 bridgehead atoms. The number of hydrogen-bond acceptors (Lipinski definition) is 0. The van der Waals surface area contributed by atoms with E-state index in [1.807, 2.05) is 18.2 Å². The first-order valence-corrected chi connectivity index (χ1v) is 9.26. The van der Waals surface area contributed by atoms with Crippen LogP contribution in [0.2, 0.25) is 4.82 Å². The predicted molar refractivity (Wildman–Crippen MR) is 77.3 cm³/mol. The first-order chi connectivity index (χ1) is 8.09. The van der Waals surface area contributed by atoms with Crippen LogP contribution >= 0.6 is 31.9 Å². The summed E-state index contributed by atoms with van der Waals surface area (Å²) in [5.74, 6) is 1.13. The molecule has 4 heteroatoms. The van der Waals surface area contributed by atoms with Crippen molar-refractivity contribution in [3.8, 4) is 0 Å². The first kappa shape index (κ1) is 12.7. The number of hydrogen-bond donors (Lipinski definition) is 0. The van der Waals surface area contributed by atoms with Crippen molar-refractivity contribution in [1.29, 1.82) is 0 Å². The van der Waals surface area contributed by atoms with Crippen LogP contribution < -0.4 is 4.46 Å². The molecule has 2 fully saturated rings. The summed E-state index contributed by atoms with van der Waals surface area (Å²) in [7, 11) is 0. The van der Waals surface area contributed by atoms with Crippen molar-refractivity contribution in [2.75, 3.05) is 0 Å². The molecular weight excluding hydrogens is 414 g/mol. The zero-order valence-corrected chi connectivity index (χ0v) is 14.0. The number of alkyl halides is 3. The summed E-state index contributed by atoms with van der Waals surface area (Å²) < 4.78 is 15.5. The summed E-state index contributed by atoms with van der Waals surface area (Å²) in [6.45, 7) is 0. The van der Waals surface area contributed by atoms with Gasteiger partial charge in [0.05, 0.1) is 0 Å². The number of rotatable bonds is 2. The minimum absolute atomic E-state index is 0.0475. The van der Waals surface area contributed by atoms with Crippen LogP contribution in [0.5, 0.6) is 0 Å². The zero-order valence-electron chi connectivity index (χ0n) is 9.15. The van der Waals surface area contributed by atoms with Crippen LogP contribution in [0.25, 0.3) is 0 Å². The van der Waals surface area contributed by atoms with E-state index in [9.17, 15) is 4.39 Å². The molecule has 4 atom stereocenters. The molecule has 0 heterocycles. The van der Waals surface area contributed by atoms with Crippen LogP contribution in [0, 0.1) is 11.8 Å². The maximum atomic E-state index is 14.1. The topological polar surface area (TPSA) is 0 Å². The van der Waals surface area contributed by atoms with Gasteiger partial charge in [0, 0.05) is 0 Å². The average molecular weight is 427 g/mol. The fourth-order valence-electron chi connectivity index (χ4n) is 2.69. The quantitative estimate of drug-likeness (QED) is 0.500. The van der Waals surface area contributed by atoms with Crippen LogP contribution in [-0.4, -0.2) is 24.4 Å². The third-order valence-corrected chi connectivity index (χ3v) is 8.92. The van der Waals surface area contributed by atoms with E-state index in [1.54, 1.807) is 0 Å². The van der Waals surface area contributed by atoms with Gasteiger partial charge in [-0.1, -0.05) is 0 Å². The van der Waals surface area contributed by atoms with E-state index in [0.717, 1.165) is 12.8 Å². The van der Waals surface area contributed by atoms with Crippen molar-refractivity contribution >= 4 is 51.3 Å². The Balaban J connectivity index is 1.69. The van der Waals surface area contributed by atoms with Crippen LogP contribution in [0.15, 0.2) is 30.3 Å². The van der Waals surface area contributed by atoms with Gasteiger partial charge < -0.3 is 0 Å². The average Bonchev–Trinajstić information content (AvgIpc) is 2.82. The molecule has 2 aliphatic carbocycles. The molecule has 1 aromatic rings. The molecule has 0 N–H and O–H groups in total. The van der Waals surface area contributed by atoms with Gasteiger partial charge >= 0.3 is 125 Å². The van der Waals surface area contributed by atoms with Gasteiger partial charge in [0.15, 0.2) is 0 Å². The Labute approximate surface area is 124 Å². The molecule has 1 aromatic carbocycles. The van der Waals surface area contributed by atoms with Crippen molar-refractivity contribution < 1.29 is 4.39 Å². The monoisotopic (exact) mass is 426 g/mol. The van der Waals surface area contributed by atoms with E-state index >= 15 is 0 Å². The third kappa shape index (κ3) is 2.39. The fourth-order valence-corrected chi connectivity index (χ4v) is 7.02. The van der Waals surface area contributed by atoms with Crippen molar-refractivity contribution in [3.63, 3.8) is 0 Å². The number of benzene rings is 1. The second-order valence-electron chi connectivity index (χ2n) is 4.84. The van der Waals surface area contributed by atoms with Crippen LogP contribution in [0.3, 0.4) is 0 Å². The summed E-state index contributed by atoms with van der Waals surface area (Å²) >= 11 is 7.62. The van der Waals surface area contributed by atoms with Gasteiger partial charge in [0.25, 0.3) is 0 Å². The maximum absolute atomic E-state index is 14.1. The molecule has 4 unspecified atom stereocenters. The van der Waals surface area contributed by atoms with Gasteiger partial charge in [-0.25, -0.2) is 0 Å². The van der Waals surface area contributed by atoms with Crippen LogP contribution in [0.4, 0.5) is 4.39 Å². The van der Waals surface area contributed by atoms with E-state index in [4.69, 9.17) is 0 Å². The molecular formula is C13H13Br2FSe. The molecule has 2 aliphatic rings. The Hall–Kier alpha value is 0.629. The SMILES string of the molecule is FC1CC2C(CC1[Se]c1ccccc1)C2(Br)Br. The Kier molecular flexibility index (Phi) is 3.44. The van der Waals surface area contributed by atoms with E-state index in [-0.39, 0.29) is 23.0 Å². The predicted octanol–water partition coefficient (Wildman–Crippen LogP) is 3.67. The summed E-state index contributed by atoms with van der Waals surface area (Å²) in [6, 6.07) is 10.4. The molecule has 17 heavy (non-hydrogen) atoms. The van der Waals surface area contributed by atoms with E-state index < -0.39 is 6.17 Å². The zero-order chi connectivity index (χ0) is 12.0. The molecule has 0 radical (unpaired) electrons. The minimum atomic E-state index is -0.617. The molecule has 0 saturated heterocycles. The Morgan fingerprint density at radius 2 is 1.76 bits per heavy atom. The Morgan fingerprint density at radius 1 is 1.12 bits per heavy atom. The molecule has 0 spiro atoms. The van der Waals surface area contributed by atoms with Crippen LogP contribution in [-0.2, 0) is 0 Å². The van der Waals surface area contributed by atoms with Gasteiger partial charge in [0.2, 0.25) is 0 Å². The normalized spacial score (nSPS) is 38.5. The summed E-state index contributed by atoms with van der Waals surface area (Å²) in [5.41, 5.74) is 0. The Morgan fingerprint density at radius 3 is 2.47 bits per heavy atom. The van der Waals surface area contributed by atoms with Gasteiger partial charge in [-0.05, 0) is 0 Å². The van der Waals surface area contributed by atoms with Gasteiger partial charge in [-0.3, -0.25) is 0 Å². The van der Waals surface area contributed by atoms with Crippen molar-refractivity contribution in [1.82, 2.24) is 0 Å². The molecule has 3 rings (SSSR count). The molecule has 0 nitrogen and oxygen atoms in total. The third-order valence-electron chi connectivity index (χ3n) is 3.76. The molecule has 0 amide bonds. The van der Waals surface area contributed by atoms with Crippen LogP contribution in [0.1, 0.15) is 12.8 Å². The van der Waals surface area contributed by atoms with E-state index in [0.29, 0.717) is 11.8 Å². The first-order valence-electron chi connectivity index (χ1n) is 5.82. The summed E-state index contributed by atoms with van der Waals surface area (Å²) in [5, 5.41) is 0.